The number of hydrogen-bond acceptors (Lipinski definition) is 4. The van der Waals surface area contributed by atoms with Crippen LogP contribution in [0.5, 0.6) is 0 Å². The lowest BCUT2D eigenvalue weighted by Crippen LogP contribution is -2.32. The largest absolute Gasteiger partial charge is 0.461 e. The van der Waals surface area contributed by atoms with Crippen molar-refractivity contribution in [1.29, 1.82) is 5.26 Å². The summed E-state index contributed by atoms with van der Waals surface area (Å²) in [5, 5.41) is 10.3. The molecule has 0 aliphatic heterocycles. The highest BCUT2D eigenvalue weighted by molar-refractivity contribution is 5.96. The lowest BCUT2D eigenvalue weighted by molar-refractivity contribution is -0.591. The molecule has 0 aliphatic carbocycles. The van der Waals surface area contributed by atoms with E-state index in [4.69, 9.17) is 4.74 Å². The minimum absolute atomic E-state index is 0.126. The third-order valence-electron chi connectivity index (χ3n) is 3.77. The van der Waals surface area contributed by atoms with E-state index < -0.39 is 5.97 Å². The first kappa shape index (κ1) is 14.7. The van der Waals surface area contributed by atoms with Gasteiger partial charge in [0.05, 0.1) is 23.3 Å². The van der Waals surface area contributed by atoms with Crippen molar-refractivity contribution in [2.24, 2.45) is 0 Å². The summed E-state index contributed by atoms with van der Waals surface area (Å²) in [4.78, 5) is 23.7. The third kappa shape index (κ3) is 2.06. The van der Waals surface area contributed by atoms with Crippen LogP contribution >= 0.6 is 0 Å². The van der Waals surface area contributed by atoms with Crippen LogP contribution in [0.4, 0.5) is 0 Å². The van der Waals surface area contributed by atoms with Gasteiger partial charge in [-0.05, 0) is 19.9 Å². The van der Waals surface area contributed by atoms with E-state index in [2.05, 4.69) is 6.07 Å². The number of fused-ring (bicyclic) bond motifs is 3. The molecule has 0 atom stereocenters. The summed E-state index contributed by atoms with van der Waals surface area (Å²) in [5.41, 5.74) is 2.10. The van der Waals surface area contributed by atoms with Crippen molar-refractivity contribution >= 4 is 23.2 Å². The van der Waals surface area contributed by atoms with Crippen molar-refractivity contribution in [1.82, 2.24) is 4.52 Å². The van der Waals surface area contributed by atoms with Crippen molar-refractivity contribution in [3.8, 4) is 6.07 Å². The maximum absolute atomic E-state index is 12.3. The summed E-state index contributed by atoms with van der Waals surface area (Å²) < 4.78 is 8.32. The average Bonchev–Trinajstić information content (AvgIpc) is 2.96. The second-order valence-electron chi connectivity index (χ2n) is 5.02. The Kier molecular flexibility index (Phi) is 3.54. The Balaban J connectivity index is 2.55. The van der Waals surface area contributed by atoms with Gasteiger partial charge in [0.25, 0.3) is 0 Å². The van der Waals surface area contributed by atoms with Crippen LogP contribution in [-0.2, 0) is 4.74 Å². The molecule has 0 saturated heterocycles. The zero-order valence-corrected chi connectivity index (χ0v) is 12.7. The predicted octanol–water partition coefficient (Wildman–Crippen LogP) is 1.85. The molecule has 6 heteroatoms. The maximum atomic E-state index is 12.3. The van der Waals surface area contributed by atoms with Crippen LogP contribution in [-0.4, -0.2) is 23.4 Å². The van der Waals surface area contributed by atoms with Gasteiger partial charge in [0.1, 0.15) is 11.6 Å². The maximum Gasteiger partial charge on any atom is 0.362 e. The van der Waals surface area contributed by atoms with E-state index in [0.29, 0.717) is 17.5 Å². The molecule has 2 aromatic heterocycles. The van der Waals surface area contributed by atoms with Gasteiger partial charge in [0.15, 0.2) is 6.29 Å². The lowest BCUT2D eigenvalue weighted by Gasteiger charge is -2.05. The molecule has 0 fully saturated rings. The molecule has 1 aromatic carbocycles. The van der Waals surface area contributed by atoms with Gasteiger partial charge >= 0.3 is 5.97 Å². The van der Waals surface area contributed by atoms with Gasteiger partial charge in [-0.3, -0.25) is 4.79 Å². The number of rotatable bonds is 3. The van der Waals surface area contributed by atoms with Gasteiger partial charge in [0.2, 0.25) is 17.4 Å². The Labute approximate surface area is 132 Å². The third-order valence-corrected chi connectivity index (χ3v) is 3.77. The Hall–Kier alpha value is -3.20. The number of carbonyl (C=O) groups excluding carboxylic acids is 2. The summed E-state index contributed by atoms with van der Waals surface area (Å²) in [7, 11) is 0. The zero-order chi connectivity index (χ0) is 16.6. The first-order valence-electron chi connectivity index (χ1n) is 7.15. The Morgan fingerprint density at radius 1 is 1.43 bits per heavy atom. The van der Waals surface area contributed by atoms with Crippen molar-refractivity contribution in [2.45, 2.75) is 13.8 Å². The molecule has 2 heterocycles. The molecule has 0 N–H and O–H groups in total. The van der Waals surface area contributed by atoms with Crippen LogP contribution in [0.3, 0.4) is 0 Å². The molecule has 0 aliphatic rings. The fourth-order valence-electron chi connectivity index (χ4n) is 2.80. The van der Waals surface area contributed by atoms with Crippen molar-refractivity contribution in [3.63, 3.8) is 0 Å². The molecule has 0 radical (unpaired) electrons. The second kappa shape index (κ2) is 5.54. The predicted molar refractivity (Wildman–Crippen MR) is 81.4 cm³/mol. The molecular weight excluding hydrogens is 294 g/mol. The number of carbonyl (C=O) groups is 2. The highest BCUT2D eigenvalue weighted by Crippen LogP contribution is 2.20. The molecule has 0 bridgehead atoms. The first-order chi connectivity index (χ1) is 11.1. The van der Waals surface area contributed by atoms with Crippen LogP contribution in [0.2, 0.25) is 0 Å². The van der Waals surface area contributed by atoms with Crippen LogP contribution in [0.1, 0.15) is 39.0 Å². The van der Waals surface area contributed by atoms with E-state index in [0.717, 1.165) is 10.9 Å². The van der Waals surface area contributed by atoms with Crippen molar-refractivity contribution in [3.05, 3.63) is 53.0 Å². The molecular formula is C17H14N3O3+. The van der Waals surface area contributed by atoms with E-state index in [1.165, 1.54) is 0 Å². The fraction of sp³-hybridized carbons (Fsp3) is 0.176. The normalized spacial score (nSPS) is 10.7. The number of aldehydes is 1. The van der Waals surface area contributed by atoms with E-state index in [1.807, 2.05) is 24.3 Å². The number of nitriles is 1. The molecule has 0 amide bonds. The van der Waals surface area contributed by atoms with E-state index >= 15 is 0 Å². The smallest absolute Gasteiger partial charge is 0.362 e. The Bertz CT molecular complexity index is 996. The summed E-state index contributed by atoms with van der Waals surface area (Å²) in [6.07, 6.45) is 2.20. The molecule has 114 valence electrons. The molecule has 0 spiro atoms. The van der Waals surface area contributed by atoms with Crippen LogP contribution in [0.15, 0.2) is 30.5 Å². The number of para-hydroxylation sites is 1. The van der Waals surface area contributed by atoms with Crippen molar-refractivity contribution < 1.29 is 18.8 Å². The quantitative estimate of drug-likeness (QED) is 0.420. The Morgan fingerprint density at radius 2 is 2.17 bits per heavy atom. The lowest BCUT2D eigenvalue weighted by atomic mass is 10.1. The highest BCUT2D eigenvalue weighted by Gasteiger charge is 2.29. The Morgan fingerprint density at radius 3 is 2.83 bits per heavy atom. The topological polar surface area (TPSA) is 75.7 Å². The molecule has 3 aromatic rings. The number of esters is 1. The highest BCUT2D eigenvalue weighted by atomic mass is 16.5. The second-order valence-corrected chi connectivity index (χ2v) is 5.02. The fourth-order valence-corrected chi connectivity index (χ4v) is 2.80. The monoisotopic (exact) mass is 308 g/mol. The summed E-state index contributed by atoms with van der Waals surface area (Å²) >= 11 is 0. The van der Waals surface area contributed by atoms with Crippen LogP contribution in [0.25, 0.3) is 10.9 Å². The number of benzene rings is 1. The van der Waals surface area contributed by atoms with Gasteiger partial charge in [-0.2, -0.15) is 5.26 Å². The molecule has 6 nitrogen and oxygen atoms in total. The van der Waals surface area contributed by atoms with E-state index in [9.17, 15) is 14.9 Å². The van der Waals surface area contributed by atoms with Gasteiger partial charge in [-0.1, -0.05) is 16.6 Å². The van der Waals surface area contributed by atoms with Gasteiger partial charge < -0.3 is 4.74 Å². The van der Waals surface area contributed by atoms with E-state index in [1.54, 1.807) is 29.1 Å². The molecule has 0 saturated carbocycles. The first-order valence-corrected chi connectivity index (χ1v) is 7.15. The van der Waals surface area contributed by atoms with Crippen molar-refractivity contribution in [2.75, 3.05) is 6.61 Å². The van der Waals surface area contributed by atoms with Crippen LogP contribution in [0, 0.1) is 18.3 Å². The number of ether oxygens (including phenoxy) is 1. The van der Waals surface area contributed by atoms with E-state index in [-0.39, 0.29) is 17.9 Å². The number of aryl methyl sites for hydroxylation is 1. The minimum atomic E-state index is -0.593. The SMILES string of the molecule is CCOC(=O)c1c(C=O)c[n+]2c3ccccc3c(C#N)c(C)n12. The molecule has 0 unspecified atom stereocenters. The number of nitrogens with zero attached hydrogens (tertiary/aromatic N) is 3. The summed E-state index contributed by atoms with van der Waals surface area (Å²) in [6, 6.07) is 9.53. The van der Waals surface area contributed by atoms with Crippen LogP contribution < -0.4 is 4.52 Å². The number of hydrogen-bond donors (Lipinski definition) is 0. The van der Waals surface area contributed by atoms with Gasteiger partial charge in [-0.25, -0.2) is 4.79 Å². The average molecular weight is 308 g/mol. The molecule has 3 rings (SSSR count). The number of aromatic nitrogens is 2. The zero-order valence-electron chi connectivity index (χ0n) is 12.7. The van der Waals surface area contributed by atoms with Gasteiger partial charge in [-0.15, -0.1) is 4.52 Å². The summed E-state index contributed by atoms with van der Waals surface area (Å²) in [6.45, 7) is 3.64. The standard InChI is InChI=1S/C17H14N3O3/c1-3-23-17(22)16-12(10-21)9-19-15-7-5-4-6-13(15)14(8-18)11(2)20(16)19/h4-7,9-10H,3H2,1-2H3/q+1. The van der Waals surface area contributed by atoms with Gasteiger partial charge in [0, 0.05) is 6.07 Å². The molecule has 23 heavy (non-hydrogen) atoms. The summed E-state index contributed by atoms with van der Waals surface area (Å²) in [5.74, 6) is -0.593. The minimum Gasteiger partial charge on any atom is -0.461 e.